The first-order valence-corrected chi connectivity index (χ1v) is 10.4. The standard InChI is InChI=1S/C20H23N5O2S/c1-2-27-15-13-16(14-9-5-3-6-10-14)28-17(15)18(26)21-19-22-20(24-23-19)25-11-7-4-8-12-25/h3,5-6,9-10,13H,2,4,7-8,11-12H2,1H3,(H2,21,22,23,24,26). The van der Waals surface area contributed by atoms with Gasteiger partial charge in [-0.05, 0) is 37.8 Å². The van der Waals surface area contributed by atoms with Crippen LogP contribution in [0.15, 0.2) is 36.4 Å². The molecule has 1 aliphatic heterocycles. The molecular formula is C20H23N5O2S. The van der Waals surface area contributed by atoms with Crippen LogP contribution < -0.4 is 15.0 Å². The van der Waals surface area contributed by atoms with Gasteiger partial charge in [0, 0.05) is 18.0 Å². The maximum atomic E-state index is 12.9. The second kappa shape index (κ2) is 8.43. The van der Waals surface area contributed by atoms with Crippen LogP contribution in [0.2, 0.25) is 0 Å². The molecule has 0 bridgehead atoms. The highest BCUT2D eigenvalue weighted by molar-refractivity contribution is 7.17. The average molecular weight is 398 g/mol. The van der Waals surface area contributed by atoms with Crippen LogP contribution in [0, 0.1) is 0 Å². The number of carbonyl (C=O) groups is 1. The van der Waals surface area contributed by atoms with E-state index in [1.165, 1.54) is 17.8 Å². The lowest BCUT2D eigenvalue weighted by molar-refractivity contribution is 0.102. The first-order valence-electron chi connectivity index (χ1n) is 9.55. The number of hydrogen-bond donors (Lipinski definition) is 2. The van der Waals surface area contributed by atoms with Gasteiger partial charge in [-0.25, -0.2) is 5.10 Å². The summed E-state index contributed by atoms with van der Waals surface area (Å²) < 4.78 is 5.69. The third-order valence-electron chi connectivity index (χ3n) is 4.61. The highest BCUT2D eigenvalue weighted by atomic mass is 32.1. The van der Waals surface area contributed by atoms with Gasteiger partial charge < -0.3 is 9.64 Å². The Morgan fingerprint density at radius 3 is 2.79 bits per heavy atom. The number of anilines is 2. The summed E-state index contributed by atoms with van der Waals surface area (Å²) >= 11 is 1.41. The van der Waals surface area contributed by atoms with Crippen molar-refractivity contribution in [2.45, 2.75) is 26.2 Å². The fourth-order valence-corrected chi connectivity index (χ4v) is 4.25. The number of thiophene rings is 1. The summed E-state index contributed by atoms with van der Waals surface area (Å²) in [6.45, 7) is 4.30. The third kappa shape index (κ3) is 4.01. The summed E-state index contributed by atoms with van der Waals surface area (Å²) in [5.74, 6) is 1.32. The fourth-order valence-electron chi connectivity index (χ4n) is 3.25. The first-order chi connectivity index (χ1) is 13.7. The van der Waals surface area contributed by atoms with Gasteiger partial charge in [0.25, 0.3) is 5.91 Å². The Kier molecular flexibility index (Phi) is 5.57. The second-order valence-corrected chi connectivity index (χ2v) is 7.64. The van der Waals surface area contributed by atoms with E-state index >= 15 is 0 Å². The van der Waals surface area contributed by atoms with E-state index in [0.29, 0.717) is 29.1 Å². The predicted octanol–water partition coefficient (Wildman–Crippen LogP) is 4.17. The lowest BCUT2D eigenvalue weighted by Crippen LogP contribution is -2.30. The molecule has 28 heavy (non-hydrogen) atoms. The second-order valence-electron chi connectivity index (χ2n) is 6.59. The van der Waals surface area contributed by atoms with E-state index in [0.717, 1.165) is 36.4 Å². The van der Waals surface area contributed by atoms with Crippen LogP contribution in [0.5, 0.6) is 5.75 Å². The molecule has 1 aliphatic rings. The van der Waals surface area contributed by atoms with Gasteiger partial charge in [0.1, 0.15) is 10.6 Å². The van der Waals surface area contributed by atoms with Crippen LogP contribution in [0.4, 0.5) is 11.9 Å². The van der Waals surface area contributed by atoms with Crippen molar-refractivity contribution in [2.24, 2.45) is 0 Å². The smallest absolute Gasteiger partial charge is 0.271 e. The molecule has 0 unspecified atom stereocenters. The SMILES string of the molecule is CCOc1cc(-c2ccccc2)sc1C(=O)Nc1nc(N2CCCCC2)n[nH]1. The average Bonchev–Trinajstić information content (AvgIpc) is 3.37. The zero-order valence-electron chi connectivity index (χ0n) is 15.8. The van der Waals surface area contributed by atoms with Crippen LogP contribution in [0.1, 0.15) is 35.9 Å². The number of benzene rings is 1. The number of aromatic amines is 1. The molecule has 0 aliphatic carbocycles. The van der Waals surface area contributed by atoms with Crippen LogP contribution in [-0.2, 0) is 0 Å². The number of nitrogens with one attached hydrogen (secondary N) is 2. The van der Waals surface area contributed by atoms with E-state index in [2.05, 4.69) is 25.4 Å². The molecule has 1 saturated heterocycles. The van der Waals surface area contributed by atoms with Crippen molar-refractivity contribution in [2.75, 3.05) is 29.9 Å². The normalized spacial score (nSPS) is 14.1. The zero-order valence-corrected chi connectivity index (χ0v) is 16.6. The highest BCUT2D eigenvalue weighted by Crippen LogP contribution is 2.36. The Labute approximate surface area is 167 Å². The Morgan fingerprint density at radius 2 is 2.04 bits per heavy atom. The Hall–Kier alpha value is -2.87. The number of ether oxygens (including phenoxy) is 1. The molecule has 3 aromatic rings. The van der Waals surface area contributed by atoms with E-state index in [1.807, 2.05) is 43.3 Å². The van der Waals surface area contributed by atoms with Gasteiger partial charge in [-0.1, -0.05) is 30.3 Å². The van der Waals surface area contributed by atoms with Crippen LogP contribution in [0.3, 0.4) is 0 Å². The number of amides is 1. The highest BCUT2D eigenvalue weighted by Gasteiger charge is 2.21. The minimum absolute atomic E-state index is 0.253. The largest absolute Gasteiger partial charge is 0.492 e. The van der Waals surface area contributed by atoms with Crippen molar-refractivity contribution in [3.05, 3.63) is 41.3 Å². The summed E-state index contributed by atoms with van der Waals surface area (Å²) in [6.07, 6.45) is 3.53. The predicted molar refractivity (Wildman–Crippen MR) is 111 cm³/mol. The molecule has 0 spiro atoms. The number of nitrogens with zero attached hydrogens (tertiary/aromatic N) is 3. The molecule has 8 heteroatoms. The monoisotopic (exact) mass is 397 g/mol. The molecule has 2 aromatic heterocycles. The molecule has 2 N–H and O–H groups in total. The molecule has 146 valence electrons. The lowest BCUT2D eigenvalue weighted by atomic mass is 10.1. The number of piperidine rings is 1. The number of carbonyl (C=O) groups excluding carboxylic acids is 1. The summed E-state index contributed by atoms with van der Waals surface area (Å²) in [6, 6.07) is 11.9. The number of aromatic nitrogens is 3. The molecule has 1 aromatic carbocycles. The molecule has 0 saturated carbocycles. The van der Waals surface area contributed by atoms with Crippen molar-refractivity contribution >= 4 is 29.1 Å². The zero-order chi connectivity index (χ0) is 19.3. The molecule has 3 heterocycles. The van der Waals surface area contributed by atoms with Crippen molar-refractivity contribution < 1.29 is 9.53 Å². The van der Waals surface area contributed by atoms with Crippen molar-refractivity contribution in [1.82, 2.24) is 15.2 Å². The van der Waals surface area contributed by atoms with Crippen molar-refractivity contribution in [3.8, 4) is 16.2 Å². The number of rotatable bonds is 6. The molecule has 4 rings (SSSR count). The van der Waals surface area contributed by atoms with Crippen molar-refractivity contribution in [1.29, 1.82) is 0 Å². The summed E-state index contributed by atoms with van der Waals surface area (Å²) in [5.41, 5.74) is 1.06. The lowest BCUT2D eigenvalue weighted by Gasteiger charge is -2.24. The van der Waals surface area contributed by atoms with Gasteiger partial charge in [-0.3, -0.25) is 10.1 Å². The van der Waals surface area contributed by atoms with Gasteiger partial charge in [0.05, 0.1) is 6.61 Å². The van der Waals surface area contributed by atoms with E-state index in [1.54, 1.807) is 0 Å². The van der Waals surface area contributed by atoms with E-state index in [4.69, 9.17) is 4.74 Å². The first kappa shape index (κ1) is 18.5. The topological polar surface area (TPSA) is 83.1 Å². The molecule has 1 fully saturated rings. The van der Waals surface area contributed by atoms with Gasteiger partial charge in [0.2, 0.25) is 11.9 Å². The van der Waals surface area contributed by atoms with Crippen LogP contribution in [-0.4, -0.2) is 40.8 Å². The maximum absolute atomic E-state index is 12.9. The van der Waals surface area contributed by atoms with Gasteiger partial charge in [-0.15, -0.1) is 16.4 Å². The Bertz CT molecular complexity index is 931. The number of hydrogen-bond acceptors (Lipinski definition) is 6. The molecule has 1 amide bonds. The third-order valence-corrected chi connectivity index (χ3v) is 5.77. The van der Waals surface area contributed by atoms with Gasteiger partial charge in [0.15, 0.2) is 0 Å². The minimum atomic E-state index is -0.253. The summed E-state index contributed by atoms with van der Waals surface area (Å²) in [4.78, 5) is 20.9. The summed E-state index contributed by atoms with van der Waals surface area (Å²) in [5, 5.41) is 9.89. The quantitative estimate of drug-likeness (QED) is 0.652. The van der Waals surface area contributed by atoms with Crippen LogP contribution in [0.25, 0.3) is 10.4 Å². The van der Waals surface area contributed by atoms with Gasteiger partial charge >= 0.3 is 0 Å². The minimum Gasteiger partial charge on any atom is -0.492 e. The maximum Gasteiger partial charge on any atom is 0.271 e. The van der Waals surface area contributed by atoms with Crippen molar-refractivity contribution in [3.63, 3.8) is 0 Å². The molecular weight excluding hydrogens is 374 g/mol. The fraction of sp³-hybridized carbons (Fsp3) is 0.350. The molecule has 7 nitrogen and oxygen atoms in total. The van der Waals surface area contributed by atoms with E-state index < -0.39 is 0 Å². The Balaban J connectivity index is 1.52. The van der Waals surface area contributed by atoms with Crippen LogP contribution >= 0.6 is 11.3 Å². The molecule has 0 radical (unpaired) electrons. The number of H-pyrrole nitrogens is 1. The van der Waals surface area contributed by atoms with Gasteiger partial charge in [-0.2, -0.15) is 4.98 Å². The molecule has 0 atom stereocenters. The van der Waals surface area contributed by atoms with E-state index in [-0.39, 0.29) is 5.91 Å². The Morgan fingerprint density at radius 1 is 1.25 bits per heavy atom. The summed E-state index contributed by atoms with van der Waals surface area (Å²) in [7, 11) is 0. The van der Waals surface area contributed by atoms with E-state index in [9.17, 15) is 4.79 Å².